The number of esters is 1. The SMILES string of the molecule is CCOC(=O)C1=C(c2ccccc2)Nc2nc(=S)[nH]c(N)c2C1c1ccc(OCc2ccc(Cl)cc2Cl)c(OC)c1. The van der Waals surface area contributed by atoms with Gasteiger partial charge in [-0.05, 0) is 54.5 Å². The van der Waals surface area contributed by atoms with Gasteiger partial charge in [0, 0.05) is 21.2 Å². The van der Waals surface area contributed by atoms with Gasteiger partial charge in [0.05, 0.1) is 30.9 Å². The number of hydrogen-bond acceptors (Lipinski definition) is 8. The first kappa shape index (κ1) is 28.5. The van der Waals surface area contributed by atoms with Crippen molar-refractivity contribution >= 4 is 58.7 Å². The van der Waals surface area contributed by atoms with E-state index < -0.39 is 11.9 Å². The number of benzene rings is 3. The highest BCUT2D eigenvalue weighted by atomic mass is 35.5. The molecule has 1 aromatic heterocycles. The number of anilines is 2. The van der Waals surface area contributed by atoms with Crippen molar-refractivity contribution in [3.05, 3.63) is 109 Å². The van der Waals surface area contributed by atoms with Gasteiger partial charge in [0.15, 0.2) is 16.3 Å². The van der Waals surface area contributed by atoms with Gasteiger partial charge < -0.3 is 30.2 Å². The second kappa shape index (κ2) is 12.2. The van der Waals surface area contributed by atoms with E-state index in [0.29, 0.717) is 49.8 Å². The van der Waals surface area contributed by atoms with Crippen LogP contribution in [0, 0.1) is 4.77 Å². The van der Waals surface area contributed by atoms with Gasteiger partial charge in [-0.1, -0.05) is 65.7 Å². The van der Waals surface area contributed by atoms with Crippen molar-refractivity contribution in [2.45, 2.75) is 19.4 Å². The minimum absolute atomic E-state index is 0.193. The maximum atomic E-state index is 13.6. The molecule has 1 unspecified atom stereocenters. The number of hydrogen-bond donors (Lipinski definition) is 3. The number of nitrogens with two attached hydrogens (primary N) is 1. The third-order valence-electron chi connectivity index (χ3n) is 6.57. The van der Waals surface area contributed by atoms with Crippen LogP contribution in [-0.2, 0) is 16.1 Å². The molecule has 0 aliphatic carbocycles. The van der Waals surface area contributed by atoms with E-state index in [2.05, 4.69) is 15.3 Å². The van der Waals surface area contributed by atoms with Crippen molar-refractivity contribution in [1.82, 2.24) is 9.97 Å². The lowest BCUT2D eigenvalue weighted by Gasteiger charge is -2.31. The predicted molar refractivity (Wildman–Crippen MR) is 163 cm³/mol. The molecule has 2 heterocycles. The van der Waals surface area contributed by atoms with Crippen LogP contribution >= 0.6 is 35.4 Å². The van der Waals surface area contributed by atoms with Crippen molar-refractivity contribution in [3.8, 4) is 11.5 Å². The molecule has 0 spiro atoms. The average molecular weight is 610 g/mol. The second-order valence-electron chi connectivity index (χ2n) is 9.09. The summed E-state index contributed by atoms with van der Waals surface area (Å²) in [6, 6.07) is 20.1. The summed E-state index contributed by atoms with van der Waals surface area (Å²) in [5.74, 6) is 0.497. The Morgan fingerprint density at radius 1 is 1.07 bits per heavy atom. The molecule has 210 valence electrons. The van der Waals surface area contributed by atoms with Gasteiger partial charge >= 0.3 is 5.97 Å². The fourth-order valence-electron chi connectivity index (χ4n) is 4.73. The highest BCUT2D eigenvalue weighted by Gasteiger charge is 2.38. The van der Waals surface area contributed by atoms with Crippen LogP contribution in [0.15, 0.2) is 72.3 Å². The Morgan fingerprint density at radius 3 is 2.56 bits per heavy atom. The van der Waals surface area contributed by atoms with Crippen LogP contribution in [0.4, 0.5) is 11.6 Å². The normalized spacial score (nSPS) is 14.2. The van der Waals surface area contributed by atoms with Gasteiger partial charge in [-0.25, -0.2) is 9.78 Å². The summed E-state index contributed by atoms with van der Waals surface area (Å²) in [6.45, 7) is 2.15. The molecule has 0 saturated carbocycles. The van der Waals surface area contributed by atoms with Crippen LogP contribution in [0.1, 0.15) is 35.1 Å². The van der Waals surface area contributed by atoms with Crippen molar-refractivity contribution < 1.29 is 19.0 Å². The van der Waals surface area contributed by atoms with Gasteiger partial charge in [-0.2, -0.15) is 0 Å². The maximum Gasteiger partial charge on any atom is 0.337 e. The molecule has 0 bridgehead atoms. The van der Waals surface area contributed by atoms with Gasteiger partial charge in [-0.3, -0.25) is 0 Å². The third-order valence-corrected chi connectivity index (χ3v) is 7.35. The van der Waals surface area contributed by atoms with E-state index in [4.69, 9.17) is 55.4 Å². The van der Waals surface area contributed by atoms with Gasteiger partial charge in [0.2, 0.25) is 0 Å². The smallest absolute Gasteiger partial charge is 0.337 e. The number of carbonyl (C=O) groups is 1. The van der Waals surface area contributed by atoms with E-state index in [-0.39, 0.29) is 23.8 Å². The Hall–Kier alpha value is -4.05. The number of halogens is 2. The molecule has 8 nitrogen and oxygen atoms in total. The number of nitrogens with zero attached hydrogens (tertiary/aromatic N) is 1. The van der Waals surface area contributed by atoms with Crippen molar-refractivity contribution in [2.24, 2.45) is 0 Å². The number of nitrogens with one attached hydrogen (secondary N) is 2. The summed E-state index contributed by atoms with van der Waals surface area (Å²) in [5, 5.41) is 4.33. The first-order chi connectivity index (χ1) is 19.8. The molecular formula is C30H26Cl2N4O4S. The molecule has 41 heavy (non-hydrogen) atoms. The number of fused-ring (bicyclic) bond motifs is 1. The molecule has 0 saturated heterocycles. The number of H-pyrrole nitrogens is 1. The molecule has 1 atom stereocenters. The fraction of sp³-hybridized carbons (Fsp3) is 0.167. The highest BCUT2D eigenvalue weighted by molar-refractivity contribution is 7.71. The highest BCUT2D eigenvalue weighted by Crippen LogP contribution is 2.47. The van der Waals surface area contributed by atoms with Gasteiger partial charge in [-0.15, -0.1) is 0 Å². The van der Waals surface area contributed by atoms with Gasteiger partial charge in [0.25, 0.3) is 0 Å². The predicted octanol–water partition coefficient (Wildman–Crippen LogP) is 7.15. The number of nitrogen functional groups attached to an aromatic ring is 1. The topological polar surface area (TPSA) is 111 Å². The quantitative estimate of drug-likeness (QED) is 0.143. The molecule has 4 aromatic rings. The number of aromatic amines is 1. The molecule has 1 aliphatic heterocycles. The van der Waals surface area contributed by atoms with Crippen LogP contribution in [0.25, 0.3) is 5.70 Å². The fourth-order valence-corrected chi connectivity index (χ4v) is 5.40. The number of rotatable bonds is 8. The lowest BCUT2D eigenvalue weighted by molar-refractivity contribution is -0.138. The first-order valence-corrected chi connectivity index (χ1v) is 13.8. The zero-order valence-electron chi connectivity index (χ0n) is 22.2. The zero-order valence-corrected chi connectivity index (χ0v) is 24.5. The Bertz CT molecular complexity index is 1710. The first-order valence-electron chi connectivity index (χ1n) is 12.7. The summed E-state index contributed by atoms with van der Waals surface area (Å²) in [5.41, 5.74) is 10.2. The third kappa shape index (κ3) is 5.88. The van der Waals surface area contributed by atoms with Crippen LogP contribution in [0.5, 0.6) is 11.5 Å². The second-order valence-corrected chi connectivity index (χ2v) is 10.3. The summed E-state index contributed by atoms with van der Waals surface area (Å²) >= 11 is 17.7. The average Bonchev–Trinajstić information content (AvgIpc) is 2.96. The maximum absolute atomic E-state index is 13.6. The zero-order chi connectivity index (χ0) is 29.1. The number of aromatic nitrogens is 2. The molecule has 4 N–H and O–H groups in total. The Labute approximate surface area is 252 Å². The van der Waals surface area contributed by atoms with Crippen molar-refractivity contribution in [2.75, 3.05) is 24.8 Å². The molecule has 0 amide bonds. The molecule has 1 aliphatic rings. The molecule has 0 radical (unpaired) electrons. The molecule has 0 fully saturated rings. The Balaban J connectivity index is 1.64. The minimum Gasteiger partial charge on any atom is -0.493 e. The van der Waals surface area contributed by atoms with E-state index in [1.165, 1.54) is 0 Å². The van der Waals surface area contributed by atoms with E-state index in [9.17, 15) is 4.79 Å². The monoisotopic (exact) mass is 608 g/mol. The van der Waals surface area contributed by atoms with E-state index in [1.807, 2.05) is 36.4 Å². The van der Waals surface area contributed by atoms with E-state index >= 15 is 0 Å². The number of methoxy groups -OCH3 is 1. The van der Waals surface area contributed by atoms with Crippen LogP contribution in [0.2, 0.25) is 10.0 Å². The van der Waals surface area contributed by atoms with E-state index in [1.54, 1.807) is 44.4 Å². The molecule has 3 aromatic carbocycles. The van der Waals surface area contributed by atoms with Gasteiger partial charge in [0.1, 0.15) is 18.2 Å². The Morgan fingerprint density at radius 2 is 1.85 bits per heavy atom. The largest absolute Gasteiger partial charge is 0.493 e. The lowest BCUT2D eigenvalue weighted by Crippen LogP contribution is -2.27. The standard InChI is InChI=1S/C30H26Cl2N4O4S/c1-3-39-29(37)24-23(25-27(33)35-30(41)36-28(25)34-26(24)16-7-5-4-6-8-16)17-10-12-21(22(13-17)38-2)40-15-18-9-11-19(31)14-20(18)32/h4-14,23H,3,15H2,1-2H3,(H4,33,34,35,36,41). The van der Waals surface area contributed by atoms with Crippen LogP contribution < -0.4 is 20.5 Å². The molecule has 5 rings (SSSR count). The van der Waals surface area contributed by atoms with Crippen LogP contribution in [-0.4, -0.2) is 29.7 Å². The summed E-state index contributed by atoms with van der Waals surface area (Å²) in [7, 11) is 1.54. The number of carbonyl (C=O) groups excluding carboxylic acids is 1. The molecular weight excluding hydrogens is 583 g/mol. The molecule has 11 heteroatoms. The van der Waals surface area contributed by atoms with Crippen LogP contribution in [0.3, 0.4) is 0 Å². The minimum atomic E-state index is -0.673. The van der Waals surface area contributed by atoms with E-state index in [0.717, 1.165) is 11.1 Å². The number of ether oxygens (including phenoxy) is 3. The lowest BCUT2D eigenvalue weighted by atomic mass is 9.80. The summed E-state index contributed by atoms with van der Waals surface area (Å²) < 4.78 is 17.5. The van der Waals surface area contributed by atoms with Crippen molar-refractivity contribution in [3.63, 3.8) is 0 Å². The van der Waals surface area contributed by atoms with Crippen molar-refractivity contribution in [1.29, 1.82) is 0 Å². The Kier molecular flexibility index (Phi) is 8.49. The summed E-state index contributed by atoms with van der Waals surface area (Å²) in [6.07, 6.45) is 0. The summed E-state index contributed by atoms with van der Waals surface area (Å²) in [4.78, 5) is 21.0.